The number of benzene rings is 3. The molecule has 1 amide bonds. The van der Waals surface area contributed by atoms with Gasteiger partial charge >= 0.3 is 0 Å². The van der Waals surface area contributed by atoms with Crippen LogP contribution >= 0.6 is 11.8 Å². The number of carbonyl (C=O) groups is 1. The molecule has 0 aliphatic carbocycles. The van der Waals surface area contributed by atoms with Crippen LogP contribution in [0, 0.1) is 0 Å². The molecule has 3 aromatic carbocycles. The fourth-order valence-corrected chi connectivity index (χ4v) is 4.30. The standard InChI is InChI=1S/C27H28N4O4S/c1-4-34-22-16-12-20(13-17-22)31-26(19-10-14-21(33-3)15-11-19)29-30-27(31)36-18-25(32)28-23-8-6-7-9-24(23)35-5-2/h6-17H,4-5,18H2,1-3H3,(H,28,32). The molecule has 4 rings (SSSR count). The number of hydrogen-bond donors (Lipinski definition) is 1. The molecule has 0 unspecified atom stereocenters. The minimum absolute atomic E-state index is 0.151. The summed E-state index contributed by atoms with van der Waals surface area (Å²) in [7, 11) is 1.63. The number of nitrogens with one attached hydrogen (secondary N) is 1. The third kappa shape index (κ3) is 5.98. The third-order valence-electron chi connectivity index (χ3n) is 5.18. The molecule has 0 bridgehead atoms. The molecule has 0 saturated carbocycles. The van der Waals surface area contributed by atoms with Gasteiger partial charge in [-0.25, -0.2) is 0 Å². The Labute approximate surface area is 214 Å². The van der Waals surface area contributed by atoms with Gasteiger partial charge in [-0.1, -0.05) is 23.9 Å². The summed E-state index contributed by atoms with van der Waals surface area (Å²) >= 11 is 1.31. The largest absolute Gasteiger partial charge is 0.497 e. The maximum absolute atomic E-state index is 12.8. The van der Waals surface area contributed by atoms with Crippen LogP contribution in [-0.2, 0) is 4.79 Å². The number of amides is 1. The van der Waals surface area contributed by atoms with Gasteiger partial charge in [0, 0.05) is 11.3 Å². The summed E-state index contributed by atoms with van der Waals surface area (Å²) < 4.78 is 18.4. The number of rotatable bonds is 11. The van der Waals surface area contributed by atoms with E-state index in [2.05, 4.69) is 15.5 Å². The van der Waals surface area contributed by atoms with Gasteiger partial charge in [0.1, 0.15) is 17.2 Å². The Morgan fingerprint density at radius 2 is 1.58 bits per heavy atom. The highest BCUT2D eigenvalue weighted by Crippen LogP contribution is 2.30. The van der Waals surface area contributed by atoms with Crippen LogP contribution in [0.5, 0.6) is 17.2 Å². The van der Waals surface area contributed by atoms with Gasteiger partial charge in [-0.3, -0.25) is 9.36 Å². The van der Waals surface area contributed by atoms with Gasteiger partial charge in [0.25, 0.3) is 0 Å². The molecular weight excluding hydrogens is 476 g/mol. The number of carbonyl (C=O) groups excluding carboxylic acids is 1. The zero-order chi connectivity index (χ0) is 25.3. The Balaban J connectivity index is 1.59. The van der Waals surface area contributed by atoms with Gasteiger partial charge < -0.3 is 19.5 Å². The third-order valence-corrected chi connectivity index (χ3v) is 6.11. The molecule has 36 heavy (non-hydrogen) atoms. The first-order chi connectivity index (χ1) is 17.6. The lowest BCUT2D eigenvalue weighted by molar-refractivity contribution is -0.113. The van der Waals surface area contributed by atoms with Gasteiger partial charge in [-0.05, 0) is 74.5 Å². The van der Waals surface area contributed by atoms with Gasteiger partial charge in [-0.2, -0.15) is 0 Å². The van der Waals surface area contributed by atoms with E-state index in [-0.39, 0.29) is 11.7 Å². The van der Waals surface area contributed by atoms with Crippen molar-refractivity contribution >= 4 is 23.4 Å². The highest BCUT2D eigenvalue weighted by Gasteiger charge is 2.18. The van der Waals surface area contributed by atoms with Crippen LogP contribution in [0.15, 0.2) is 78.0 Å². The van der Waals surface area contributed by atoms with E-state index < -0.39 is 0 Å². The number of hydrogen-bond acceptors (Lipinski definition) is 7. The predicted molar refractivity (Wildman–Crippen MR) is 141 cm³/mol. The van der Waals surface area contributed by atoms with Crippen LogP contribution in [0.25, 0.3) is 17.1 Å². The smallest absolute Gasteiger partial charge is 0.234 e. The summed E-state index contributed by atoms with van der Waals surface area (Å²) in [5.41, 5.74) is 2.37. The summed E-state index contributed by atoms with van der Waals surface area (Å²) in [5, 5.41) is 12.4. The van der Waals surface area contributed by atoms with Crippen LogP contribution in [-0.4, -0.2) is 46.7 Å². The van der Waals surface area contributed by atoms with Crippen LogP contribution < -0.4 is 19.5 Å². The van der Waals surface area contributed by atoms with Crippen molar-refractivity contribution in [1.82, 2.24) is 14.8 Å². The topological polar surface area (TPSA) is 87.5 Å². The van der Waals surface area contributed by atoms with E-state index in [0.29, 0.717) is 35.6 Å². The molecule has 0 spiro atoms. The molecule has 0 aliphatic rings. The van der Waals surface area contributed by atoms with Crippen molar-refractivity contribution in [3.8, 4) is 34.3 Å². The SMILES string of the molecule is CCOc1ccc(-n2c(SCC(=O)Nc3ccccc3OCC)nnc2-c2ccc(OC)cc2)cc1. The van der Waals surface area contributed by atoms with E-state index >= 15 is 0 Å². The van der Waals surface area contributed by atoms with Gasteiger partial charge in [0.2, 0.25) is 5.91 Å². The van der Waals surface area contributed by atoms with Crippen molar-refractivity contribution in [3.63, 3.8) is 0 Å². The van der Waals surface area contributed by atoms with Crippen molar-refractivity contribution < 1.29 is 19.0 Å². The molecular formula is C27H28N4O4S. The zero-order valence-electron chi connectivity index (χ0n) is 20.4. The Morgan fingerprint density at radius 3 is 2.28 bits per heavy atom. The first-order valence-electron chi connectivity index (χ1n) is 11.6. The Bertz CT molecular complexity index is 1290. The molecule has 0 saturated heterocycles. The Kier molecular flexibility index (Phi) is 8.46. The molecule has 1 aromatic heterocycles. The second-order valence-electron chi connectivity index (χ2n) is 7.56. The average Bonchev–Trinajstić information content (AvgIpc) is 3.33. The average molecular weight is 505 g/mol. The number of ether oxygens (including phenoxy) is 3. The van der Waals surface area contributed by atoms with Crippen molar-refractivity contribution in [2.24, 2.45) is 0 Å². The zero-order valence-corrected chi connectivity index (χ0v) is 21.2. The Hall–Kier alpha value is -3.98. The van der Waals surface area contributed by atoms with E-state index in [1.807, 2.05) is 91.2 Å². The van der Waals surface area contributed by atoms with Crippen LogP contribution in [0.3, 0.4) is 0 Å². The minimum Gasteiger partial charge on any atom is -0.497 e. The van der Waals surface area contributed by atoms with E-state index in [1.165, 1.54) is 11.8 Å². The lowest BCUT2D eigenvalue weighted by Gasteiger charge is -2.13. The second kappa shape index (κ2) is 12.1. The van der Waals surface area contributed by atoms with E-state index in [9.17, 15) is 4.79 Å². The number of nitrogens with zero attached hydrogens (tertiary/aromatic N) is 3. The molecule has 8 nitrogen and oxygen atoms in total. The van der Waals surface area contributed by atoms with Gasteiger partial charge in [0.15, 0.2) is 11.0 Å². The molecule has 0 fully saturated rings. The van der Waals surface area contributed by atoms with E-state index in [1.54, 1.807) is 7.11 Å². The molecule has 0 radical (unpaired) electrons. The van der Waals surface area contributed by atoms with Crippen LogP contribution in [0.4, 0.5) is 5.69 Å². The van der Waals surface area contributed by atoms with Gasteiger partial charge in [-0.15, -0.1) is 10.2 Å². The summed E-state index contributed by atoms with van der Waals surface area (Å²) in [6.07, 6.45) is 0. The van der Waals surface area contributed by atoms with Crippen LogP contribution in [0.2, 0.25) is 0 Å². The number of thioether (sulfide) groups is 1. The maximum Gasteiger partial charge on any atom is 0.234 e. The minimum atomic E-state index is -0.167. The molecule has 0 aliphatic heterocycles. The lowest BCUT2D eigenvalue weighted by atomic mass is 10.2. The molecule has 4 aromatic rings. The lowest BCUT2D eigenvalue weighted by Crippen LogP contribution is -2.15. The highest BCUT2D eigenvalue weighted by atomic mass is 32.2. The van der Waals surface area contributed by atoms with Crippen molar-refractivity contribution in [2.45, 2.75) is 19.0 Å². The second-order valence-corrected chi connectivity index (χ2v) is 8.51. The number of para-hydroxylation sites is 2. The Morgan fingerprint density at radius 1 is 0.889 bits per heavy atom. The summed E-state index contributed by atoms with van der Waals surface area (Å²) in [6.45, 7) is 4.96. The molecule has 9 heteroatoms. The summed E-state index contributed by atoms with van der Waals surface area (Å²) in [5.74, 6) is 2.81. The van der Waals surface area contributed by atoms with Crippen molar-refractivity contribution in [3.05, 3.63) is 72.8 Å². The fourth-order valence-electron chi connectivity index (χ4n) is 3.55. The highest BCUT2D eigenvalue weighted by molar-refractivity contribution is 7.99. The van der Waals surface area contributed by atoms with Crippen molar-refractivity contribution in [2.75, 3.05) is 31.4 Å². The molecule has 186 valence electrons. The molecule has 0 atom stereocenters. The van der Waals surface area contributed by atoms with Gasteiger partial charge in [0.05, 0.1) is 31.8 Å². The van der Waals surface area contributed by atoms with Crippen LogP contribution in [0.1, 0.15) is 13.8 Å². The quantitative estimate of drug-likeness (QED) is 0.271. The van der Waals surface area contributed by atoms with Crippen molar-refractivity contribution in [1.29, 1.82) is 0 Å². The van der Waals surface area contributed by atoms with E-state index in [0.717, 1.165) is 22.7 Å². The summed E-state index contributed by atoms with van der Waals surface area (Å²) in [6, 6.07) is 22.7. The normalized spacial score (nSPS) is 10.6. The number of methoxy groups -OCH3 is 1. The fraction of sp³-hybridized carbons (Fsp3) is 0.222. The maximum atomic E-state index is 12.8. The summed E-state index contributed by atoms with van der Waals surface area (Å²) in [4.78, 5) is 12.8. The molecule has 1 heterocycles. The predicted octanol–water partition coefficient (Wildman–Crippen LogP) is 5.47. The first-order valence-corrected chi connectivity index (χ1v) is 12.6. The first kappa shape index (κ1) is 25.1. The molecule has 1 N–H and O–H groups in total. The van der Waals surface area contributed by atoms with E-state index in [4.69, 9.17) is 14.2 Å². The monoisotopic (exact) mass is 504 g/mol. The number of aromatic nitrogens is 3. The number of anilines is 1.